The third-order valence-electron chi connectivity index (χ3n) is 2.57. The maximum Gasteiger partial charge on any atom is 0.194 e. The molecule has 0 radical (unpaired) electrons. The Morgan fingerprint density at radius 2 is 1.84 bits per heavy atom. The molecular formula is C12H8ClF3N2O. The smallest absolute Gasteiger partial charge is 0.194 e. The van der Waals surface area contributed by atoms with Crippen molar-refractivity contribution in [1.82, 2.24) is 4.98 Å². The molecule has 0 aliphatic heterocycles. The number of hydrogen-bond donors (Lipinski definition) is 2. The van der Waals surface area contributed by atoms with E-state index in [-0.39, 0.29) is 16.4 Å². The summed E-state index contributed by atoms with van der Waals surface area (Å²) < 4.78 is 39.5. The first kappa shape index (κ1) is 13.6. The lowest BCUT2D eigenvalue weighted by Crippen LogP contribution is -2.09. The van der Waals surface area contributed by atoms with Gasteiger partial charge in [-0.15, -0.1) is 0 Å². The summed E-state index contributed by atoms with van der Waals surface area (Å²) in [7, 11) is 0. The molecule has 100 valence electrons. The summed E-state index contributed by atoms with van der Waals surface area (Å²) >= 11 is 5.69. The number of rotatable bonds is 2. The lowest BCUT2D eigenvalue weighted by molar-refractivity contribution is 0.213. The van der Waals surface area contributed by atoms with Crippen LogP contribution in [0.3, 0.4) is 0 Å². The Kier molecular flexibility index (Phi) is 3.64. The fraction of sp³-hybridized carbons (Fsp3) is 0.0833. The number of nitrogens with two attached hydrogens (primary N) is 1. The van der Waals surface area contributed by atoms with Gasteiger partial charge < -0.3 is 10.8 Å². The van der Waals surface area contributed by atoms with Gasteiger partial charge in [-0.05, 0) is 12.1 Å². The van der Waals surface area contributed by atoms with Crippen molar-refractivity contribution in [1.29, 1.82) is 0 Å². The molecule has 1 unspecified atom stereocenters. The van der Waals surface area contributed by atoms with E-state index in [0.29, 0.717) is 6.07 Å². The van der Waals surface area contributed by atoms with Gasteiger partial charge in [0.2, 0.25) is 0 Å². The molecule has 0 amide bonds. The van der Waals surface area contributed by atoms with Crippen LogP contribution in [-0.2, 0) is 0 Å². The zero-order chi connectivity index (χ0) is 14.2. The van der Waals surface area contributed by atoms with E-state index >= 15 is 0 Å². The summed E-state index contributed by atoms with van der Waals surface area (Å²) in [6.07, 6.45) is -0.351. The molecular weight excluding hydrogens is 281 g/mol. The molecule has 0 fully saturated rings. The number of aliphatic hydroxyl groups is 1. The van der Waals surface area contributed by atoms with Crippen LogP contribution in [0.5, 0.6) is 0 Å². The van der Waals surface area contributed by atoms with Crippen LogP contribution >= 0.6 is 11.6 Å². The van der Waals surface area contributed by atoms with Crippen LogP contribution in [0.4, 0.5) is 19.0 Å². The second-order valence-corrected chi connectivity index (χ2v) is 4.23. The van der Waals surface area contributed by atoms with Gasteiger partial charge >= 0.3 is 0 Å². The molecule has 1 atom stereocenters. The molecule has 7 heteroatoms. The summed E-state index contributed by atoms with van der Waals surface area (Å²) in [4.78, 5) is 3.69. The van der Waals surface area contributed by atoms with E-state index in [1.165, 1.54) is 12.3 Å². The number of hydrogen-bond acceptors (Lipinski definition) is 3. The molecule has 3 nitrogen and oxygen atoms in total. The monoisotopic (exact) mass is 288 g/mol. The third-order valence-corrected chi connectivity index (χ3v) is 2.78. The zero-order valence-electron chi connectivity index (χ0n) is 9.37. The van der Waals surface area contributed by atoms with Crippen molar-refractivity contribution >= 4 is 17.4 Å². The molecule has 0 bridgehead atoms. The molecule has 0 saturated heterocycles. The number of aromatic nitrogens is 1. The Balaban J connectivity index is 2.53. The van der Waals surface area contributed by atoms with Gasteiger partial charge in [0, 0.05) is 17.3 Å². The van der Waals surface area contributed by atoms with E-state index < -0.39 is 29.1 Å². The van der Waals surface area contributed by atoms with E-state index in [0.717, 1.165) is 6.07 Å². The van der Waals surface area contributed by atoms with Crippen LogP contribution in [0, 0.1) is 17.5 Å². The second kappa shape index (κ2) is 5.07. The minimum absolute atomic E-state index is 0.0115. The standard InChI is InChI=1S/C12H8ClF3N2O/c13-5-3-7(12(17)18-4-5)11(19)6-1-2-8(14)10(16)9(6)15/h1-4,11,19H,(H2,17,18). The molecule has 0 spiro atoms. The van der Waals surface area contributed by atoms with Crippen LogP contribution in [0.15, 0.2) is 24.4 Å². The van der Waals surface area contributed by atoms with Crippen molar-refractivity contribution in [2.75, 3.05) is 5.73 Å². The Hall–Kier alpha value is -1.79. The number of nitrogens with zero attached hydrogens (tertiary/aromatic N) is 1. The lowest BCUT2D eigenvalue weighted by atomic mass is 10.0. The molecule has 19 heavy (non-hydrogen) atoms. The highest BCUT2D eigenvalue weighted by Crippen LogP contribution is 2.30. The molecule has 2 aromatic rings. The first-order valence-electron chi connectivity index (χ1n) is 5.14. The highest BCUT2D eigenvalue weighted by Gasteiger charge is 2.22. The average molecular weight is 289 g/mol. The van der Waals surface area contributed by atoms with Crippen molar-refractivity contribution in [2.45, 2.75) is 6.10 Å². The van der Waals surface area contributed by atoms with Crippen molar-refractivity contribution in [3.8, 4) is 0 Å². The van der Waals surface area contributed by atoms with E-state index in [1.54, 1.807) is 0 Å². The maximum atomic E-state index is 13.6. The van der Waals surface area contributed by atoms with Crippen molar-refractivity contribution < 1.29 is 18.3 Å². The number of benzene rings is 1. The van der Waals surface area contributed by atoms with E-state index in [2.05, 4.69) is 4.98 Å². The Morgan fingerprint density at radius 1 is 1.16 bits per heavy atom. The van der Waals surface area contributed by atoms with Crippen LogP contribution in [0.25, 0.3) is 0 Å². The number of nitrogen functional groups attached to an aromatic ring is 1. The molecule has 3 N–H and O–H groups in total. The number of aliphatic hydroxyl groups excluding tert-OH is 1. The number of pyridine rings is 1. The lowest BCUT2D eigenvalue weighted by Gasteiger charge is -2.14. The zero-order valence-corrected chi connectivity index (χ0v) is 10.1. The molecule has 0 aliphatic carbocycles. The predicted octanol–water partition coefficient (Wildman–Crippen LogP) is 2.82. The van der Waals surface area contributed by atoms with Gasteiger partial charge in [0.25, 0.3) is 0 Å². The fourth-order valence-electron chi connectivity index (χ4n) is 1.60. The molecule has 1 aromatic heterocycles. The average Bonchev–Trinajstić information content (AvgIpc) is 2.38. The Labute approximate surface area is 111 Å². The van der Waals surface area contributed by atoms with Gasteiger partial charge in [-0.25, -0.2) is 18.2 Å². The van der Waals surface area contributed by atoms with Gasteiger partial charge in [0.15, 0.2) is 17.5 Å². The van der Waals surface area contributed by atoms with Gasteiger partial charge in [-0.3, -0.25) is 0 Å². The maximum absolute atomic E-state index is 13.6. The first-order valence-corrected chi connectivity index (χ1v) is 5.52. The van der Waals surface area contributed by atoms with Gasteiger partial charge in [0.1, 0.15) is 11.9 Å². The van der Waals surface area contributed by atoms with Gasteiger partial charge in [-0.2, -0.15) is 0 Å². The summed E-state index contributed by atoms with van der Waals surface area (Å²) in [5.74, 6) is -4.57. The SMILES string of the molecule is Nc1ncc(Cl)cc1C(O)c1ccc(F)c(F)c1F. The van der Waals surface area contributed by atoms with Crippen LogP contribution in [0.1, 0.15) is 17.2 Å². The summed E-state index contributed by atoms with van der Waals surface area (Å²) in [6.45, 7) is 0. The Morgan fingerprint density at radius 3 is 2.53 bits per heavy atom. The van der Waals surface area contributed by atoms with Crippen LogP contribution in [0.2, 0.25) is 5.02 Å². The minimum Gasteiger partial charge on any atom is -0.383 e. The second-order valence-electron chi connectivity index (χ2n) is 3.80. The highest BCUT2D eigenvalue weighted by molar-refractivity contribution is 6.30. The summed E-state index contributed by atoms with van der Waals surface area (Å²) in [5, 5.41) is 10.2. The van der Waals surface area contributed by atoms with Crippen LogP contribution < -0.4 is 5.73 Å². The predicted molar refractivity (Wildman–Crippen MR) is 64.0 cm³/mol. The largest absolute Gasteiger partial charge is 0.383 e. The third kappa shape index (κ3) is 2.50. The Bertz CT molecular complexity index is 637. The van der Waals surface area contributed by atoms with E-state index in [4.69, 9.17) is 17.3 Å². The summed E-state index contributed by atoms with van der Waals surface area (Å²) in [5.41, 5.74) is 5.09. The molecule has 1 heterocycles. The normalized spacial score (nSPS) is 12.5. The fourth-order valence-corrected chi connectivity index (χ4v) is 1.77. The van der Waals surface area contributed by atoms with E-state index in [1.807, 2.05) is 0 Å². The molecule has 0 saturated carbocycles. The van der Waals surface area contributed by atoms with Crippen LogP contribution in [-0.4, -0.2) is 10.1 Å². The van der Waals surface area contributed by atoms with Crippen molar-refractivity contribution in [3.05, 3.63) is 58.0 Å². The number of anilines is 1. The molecule has 2 rings (SSSR count). The van der Waals surface area contributed by atoms with Gasteiger partial charge in [-0.1, -0.05) is 17.7 Å². The summed E-state index contributed by atoms with van der Waals surface area (Å²) in [6, 6.07) is 2.92. The highest BCUT2D eigenvalue weighted by atomic mass is 35.5. The van der Waals surface area contributed by atoms with Crippen molar-refractivity contribution in [3.63, 3.8) is 0 Å². The quantitative estimate of drug-likeness (QED) is 0.836. The topological polar surface area (TPSA) is 59.1 Å². The van der Waals surface area contributed by atoms with E-state index in [9.17, 15) is 18.3 Å². The first-order chi connectivity index (χ1) is 8.91. The minimum atomic E-state index is -1.66. The van der Waals surface area contributed by atoms with Crippen molar-refractivity contribution in [2.24, 2.45) is 0 Å². The van der Waals surface area contributed by atoms with Gasteiger partial charge in [0.05, 0.1) is 5.02 Å². The number of halogens is 4. The molecule has 1 aromatic carbocycles. The molecule has 0 aliphatic rings.